The van der Waals surface area contributed by atoms with Gasteiger partial charge >= 0.3 is 0 Å². The molecule has 6 rings (SSSR count). The van der Waals surface area contributed by atoms with Crippen LogP contribution in [0.3, 0.4) is 0 Å². The number of amides is 2. The van der Waals surface area contributed by atoms with Gasteiger partial charge in [0.15, 0.2) is 0 Å². The molecule has 1 fully saturated rings. The van der Waals surface area contributed by atoms with E-state index in [0.717, 1.165) is 34.9 Å². The fraction of sp³-hybridized carbons (Fsp3) is 0.207. The summed E-state index contributed by atoms with van der Waals surface area (Å²) < 4.78 is 7.21. The molecule has 196 valence electrons. The van der Waals surface area contributed by atoms with Gasteiger partial charge < -0.3 is 14.7 Å². The van der Waals surface area contributed by atoms with Crippen LogP contribution in [0.2, 0.25) is 5.02 Å². The molecule has 3 aromatic heterocycles. The molecule has 0 atom stereocenters. The van der Waals surface area contributed by atoms with E-state index in [-0.39, 0.29) is 30.0 Å². The topological polar surface area (TPSA) is 106 Å². The van der Waals surface area contributed by atoms with Gasteiger partial charge in [-0.2, -0.15) is 5.10 Å². The van der Waals surface area contributed by atoms with E-state index in [0.29, 0.717) is 29.5 Å². The normalized spacial score (nSPS) is 14.0. The molecule has 0 aliphatic carbocycles. The average molecular weight is 541 g/mol. The zero-order chi connectivity index (χ0) is 26.8. The van der Waals surface area contributed by atoms with E-state index in [2.05, 4.69) is 20.6 Å². The van der Waals surface area contributed by atoms with E-state index in [1.165, 1.54) is 0 Å². The smallest absolute Gasteiger partial charge is 0.292 e. The number of hydrogen-bond donors (Lipinski definition) is 1. The lowest BCUT2D eigenvalue weighted by Gasteiger charge is -2.31. The molecule has 9 nitrogen and oxygen atoms in total. The lowest BCUT2D eigenvalue weighted by atomic mass is 10.0. The second-order valence-electron chi connectivity index (χ2n) is 9.57. The van der Waals surface area contributed by atoms with Crippen LogP contribution in [0.25, 0.3) is 22.2 Å². The second-order valence-corrected chi connectivity index (χ2v) is 10.0. The van der Waals surface area contributed by atoms with Crippen LogP contribution in [0.5, 0.6) is 0 Å². The minimum atomic E-state index is -0.181. The van der Waals surface area contributed by atoms with Crippen molar-refractivity contribution in [3.05, 3.63) is 95.6 Å². The van der Waals surface area contributed by atoms with E-state index in [9.17, 15) is 9.59 Å². The second kappa shape index (κ2) is 10.7. The summed E-state index contributed by atoms with van der Waals surface area (Å²) in [4.78, 5) is 31.7. The monoisotopic (exact) mass is 540 g/mol. The van der Waals surface area contributed by atoms with Crippen molar-refractivity contribution in [1.82, 2.24) is 24.8 Å². The summed E-state index contributed by atoms with van der Waals surface area (Å²) in [6.07, 6.45) is 7.00. The number of hydrogen-bond acceptors (Lipinski definition) is 6. The van der Waals surface area contributed by atoms with Gasteiger partial charge in [-0.15, -0.1) is 0 Å². The van der Waals surface area contributed by atoms with Gasteiger partial charge in [0.05, 0.1) is 29.9 Å². The molecule has 1 N–H and O–H groups in total. The third-order valence-corrected chi connectivity index (χ3v) is 7.16. The van der Waals surface area contributed by atoms with E-state index in [1.54, 1.807) is 35.5 Å². The fourth-order valence-electron chi connectivity index (χ4n) is 4.85. The molecule has 0 saturated carbocycles. The highest BCUT2D eigenvalue weighted by Gasteiger charge is 2.27. The van der Waals surface area contributed by atoms with Crippen LogP contribution >= 0.6 is 11.6 Å². The number of aromatic nitrogens is 4. The number of halogens is 1. The van der Waals surface area contributed by atoms with Crippen molar-refractivity contribution in [3.8, 4) is 11.3 Å². The first-order chi connectivity index (χ1) is 19.0. The number of nitrogens with zero attached hydrogens (tertiary/aromatic N) is 5. The standard InChI is InChI=1S/C29H25ClN6O3/c30-22-6-4-20(5-7-22)26-16-27(39-34-26)29(38)35-12-9-24(10-13-35)36-18-23(17-32-36)33-28(37)15-19-3-8-25-21(14-19)2-1-11-31-25/h1-8,11,14,16-18,24H,9-10,12-13,15H2,(H,33,37). The van der Waals surface area contributed by atoms with Crippen LogP contribution in [0, 0.1) is 0 Å². The molecule has 5 aromatic rings. The highest BCUT2D eigenvalue weighted by Crippen LogP contribution is 2.26. The molecule has 0 spiro atoms. The van der Waals surface area contributed by atoms with Gasteiger partial charge in [-0.1, -0.05) is 41.0 Å². The lowest BCUT2D eigenvalue weighted by molar-refractivity contribution is -0.115. The SMILES string of the molecule is O=C(Cc1ccc2ncccc2c1)Nc1cnn(C2CCN(C(=O)c3cc(-c4ccc(Cl)cc4)no3)CC2)c1. The predicted octanol–water partition coefficient (Wildman–Crippen LogP) is 5.40. The van der Waals surface area contributed by atoms with E-state index < -0.39 is 0 Å². The Labute approximate surface area is 229 Å². The van der Waals surface area contributed by atoms with Crippen LogP contribution in [0.15, 0.2) is 83.8 Å². The Kier molecular flexibility index (Phi) is 6.81. The van der Waals surface area contributed by atoms with Crippen LogP contribution in [0.4, 0.5) is 5.69 Å². The molecular formula is C29H25ClN6O3. The molecule has 4 heterocycles. The number of likely N-dealkylation sites (tertiary alicyclic amines) is 1. The Morgan fingerprint density at radius 2 is 1.87 bits per heavy atom. The third kappa shape index (κ3) is 5.53. The molecule has 1 aliphatic heterocycles. The number of piperidine rings is 1. The highest BCUT2D eigenvalue weighted by molar-refractivity contribution is 6.30. The highest BCUT2D eigenvalue weighted by atomic mass is 35.5. The van der Waals surface area contributed by atoms with Crippen LogP contribution in [-0.2, 0) is 11.2 Å². The molecule has 1 aliphatic rings. The minimum Gasteiger partial charge on any atom is -0.350 e. The number of rotatable bonds is 6. The van der Waals surface area contributed by atoms with Gasteiger partial charge in [0, 0.05) is 47.5 Å². The quantitative estimate of drug-likeness (QED) is 0.309. The van der Waals surface area contributed by atoms with Gasteiger partial charge in [0.1, 0.15) is 5.69 Å². The fourth-order valence-corrected chi connectivity index (χ4v) is 4.98. The van der Waals surface area contributed by atoms with Crippen molar-refractivity contribution < 1.29 is 14.1 Å². The van der Waals surface area contributed by atoms with Crippen molar-refractivity contribution in [2.24, 2.45) is 0 Å². The summed E-state index contributed by atoms with van der Waals surface area (Å²) >= 11 is 5.95. The molecular weight excluding hydrogens is 516 g/mol. The van der Waals surface area contributed by atoms with E-state index >= 15 is 0 Å². The van der Waals surface area contributed by atoms with Crippen LogP contribution in [0.1, 0.15) is 35.0 Å². The van der Waals surface area contributed by atoms with Gasteiger partial charge in [0.25, 0.3) is 5.91 Å². The van der Waals surface area contributed by atoms with Crippen molar-refractivity contribution >= 4 is 40.0 Å². The Morgan fingerprint density at radius 1 is 1.05 bits per heavy atom. The van der Waals surface area contributed by atoms with Gasteiger partial charge in [-0.3, -0.25) is 19.3 Å². The Hall–Kier alpha value is -4.50. The number of benzene rings is 2. The zero-order valence-corrected chi connectivity index (χ0v) is 21.7. The number of carbonyl (C=O) groups excluding carboxylic acids is 2. The van der Waals surface area contributed by atoms with Crippen LogP contribution in [-0.4, -0.2) is 49.7 Å². The summed E-state index contributed by atoms with van der Waals surface area (Å²) in [7, 11) is 0. The molecule has 1 saturated heterocycles. The van der Waals surface area contributed by atoms with E-state index in [1.807, 2.05) is 53.3 Å². The maximum absolute atomic E-state index is 13.0. The molecule has 0 radical (unpaired) electrons. The number of nitrogens with one attached hydrogen (secondary N) is 1. The number of pyridine rings is 1. The third-order valence-electron chi connectivity index (χ3n) is 6.90. The molecule has 2 amide bonds. The number of fused-ring (bicyclic) bond motifs is 1. The molecule has 39 heavy (non-hydrogen) atoms. The maximum atomic E-state index is 13.0. The van der Waals surface area contributed by atoms with Gasteiger partial charge in [-0.05, 0) is 48.7 Å². The molecule has 0 unspecified atom stereocenters. The summed E-state index contributed by atoms with van der Waals surface area (Å²) in [6.45, 7) is 1.14. The Morgan fingerprint density at radius 3 is 2.69 bits per heavy atom. The average Bonchev–Trinajstić information content (AvgIpc) is 3.64. The minimum absolute atomic E-state index is 0.108. The molecule has 2 aromatic carbocycles. The predicted molar refractivity (Wildman–Crippen MR) is 147 cm³/mol. The van der Waals surface area contributed by atoms with Crippen molar-refractivity contribution in [2.75, 3.05) is 18.4 Å². The maximum Gasteiger partial charge on any atom is 0.292 e. The number of carbonyl (C=O) groups is 2. The summed E-state index contributed by atoms with van der Waals surface area (Å²) in [5.41, 5.74) is 3.90. The summed E-state index contributed by atoms with van der Waals surface area (Å²) in [5, 5.41) is 13.1. The van der Waals surface area contributed by atoms with Crippen molar-refractivity contribution in [1.29, 1.82) is 0 Å². The van der Waals surface area contributed by atoms with E-state index in [4.69, 9.17) is 16.1 Å². The van der Waals surface area contributed by atoms with Gasteiger partial charge in [-0.25, -0.2) is 0 Å². The first kappa shape index (κ1) is 24.8. The van der Waals surface area contributed by atoms with Crippen LogP contribution < -0.4 is 5.32 Å². The molecule has 10 heteroatoms. The number of anilines is 1. The zero-order valence-electron chi connectivity index (χ0n) is 21.0. The first-order valence-corrected chi connectivity index (χ1v) is 13.1. The summed E-state index contributed by atoms with van der Waals surface area (Å²) in [6, 6.07) is 18.7. The van der Waals surface area contributed by atoms with Gasteiger partial charge in [0.2, 0.25) is 11.7 Å². The van der Waals surface area contributed by atoms with Crippen molar-refractivity contribution in [3.63, 3.8) is 0 Å². The lowest BCUT2D eigenvalue weighted by Crippen LogP contribution is -2.39. The summed E-state index contributed by atoms with van der Waals surface area (Å²) in [5.74, 6) is -0.0764. The Balaban J connectivity index is 1.02. The Bertz CT molecular complexity index is 1640. The largest absolute Gasteiger partial charge is 0.350 e. The molecule has 0 bridgehead atoms. The van der Waals surface area contributed by atoms with Crippen molar-refractivity contribution in [2.45, 2.75) is 25.3 Å². The first-order valence-electron chi connectivity index (χ1n) is 12.7.